The molecule has 1 aromatic rings. The van der Waals surface area contributed by atoms with E-state index in [1.165, 1.54) is 6.07 Å². The van der Waals surface area contributed by atoms with Crippen molar-refractivity contribution in [2.24, 2.45) is 11.1 Å². The van der Waals surface area contributed by atoms with E-state index in [-0.39, 0.29) is 18.0 Å². The molecule has 0 aliphatic rings. The van der Waals surface area contributed by atoms with Crippen LogP contribution in [-0.2, 0) is 4.79 Å². The van der Waals surface area contributed by atoms with Gasteiger partial charge < -0.3 is 16.2 Å². The average molecular weight is 250 g/mol. The van der Waals surface area contributed by atoms with Crippen LogP contribution in [-0.4, -0.2) is 23.5 Å². The van der Waals surface area contributed by atoms with E-state index in [0.717, 1.165) is 0 Å². The van der Waals surface area contributed by atoms with Gasteiger partial charge in [-0.1, -0.05) is 6.07 Å². The molecule has 5 heteroatoms. The summed E-state index contributed by atoms with van der Waals surface area (Å²) in [6.45, 7) is 5.39. The van der Waals surface area contributed by atoms with Crippen molar-refractivity contribution in [3.63, 3.8) is 0 Å². The van der Waals surface area contributed by atoms with Gasteiger partial charge in [-0.15, -0.1) is 0 Å². The van der Waals surface area contributed by atoms with Gasteiger partial charge in [0.1, 0.15) is 0 Å². The first-order valence-corrected chi connectivity index (χ1v) is 5.63. The van der Waals surface area contributed by atoms with Crippen LogP contribution in [0.15, 0.2) is 18.2 Å². The van der Waals surface area contributed by atoms with Crippen molar-refractivity contribution < 1.29 is 14.7 Å². The van der Waals surface area contributed by atoms with Gasteiger partial charge in [0.15, 0.2) is 0 Å². The van der Waals surface area contributed by atoms with Gasteiger partial charge in [0.25, 0.3) is 0 Å². The van der Waals surface area contributed by atoms with Crippen LogP contribution in [0.5, 0.6) is 0 Å². The lowest BCUT2D eigenvalue weighted by atomic mass is 9.92. The second-order valence-corrected chi connectivity index (χ2v) is 4.88. The lowest BCUT2D eigenvalue weighted by molar-refractivity contribution is -0.123. The van der Waals surface area contributed by atoms with Crippen LogP contribution < -0.4 is 11.1 Å². The van der Waals surface area contributed by atoms with Gasteiger partial charge in [0.2, 0.25) is 5.91 Å². The van der Waals surface area contributed by atoms with Crippen molar-refractivity contribution in [2.45, 2.75) is 20.8 Å². The summed E-state index contributed by atoms with van der Waals surface area (Å²) in [5, 5.41) is 11.7. The molecule has 0 saturated heterocycles. The maximum atomic E-state index is 11.9. The molecule has 0 aromatic heterocycles. The fourth-order valence-electron chi connectivity index (χ4n) is 1.32. The number of carbonyl (C=O) groups excluding carboxylic acids is 1. The number of carboxylic acid groups (broad SMARTS) is 1. The lowest BCUT2D eigenvalue weighted by Crippen LogP contribution is -2.37. The Morgan fingerprint density at radius 2 is 2.00 bits per heavy atom. The van der Waals surface area contributed by atoms with E-state index in [0.29, 0.717) is 11.3 Å². The number of rotatable bonds is 4. The summed E-state index contributed by atoms with van der Waals surface area (Å²) in [5.74, 6) is -1.24. The highest BCUT2D eigenvalue weighted by atomic mass is 16.4. The Morgan fingerprint density at radius 1 is 1.39 bits per heavy atom. The number of carboxylic acids is 1. The number of benzene rings is 1. The molecule has 0 spiro atoms. The number of anilines is 1. The molecule has 1 amide bonds. The van der Waals surface area contributed by atoms with Crippen LogP contribution in [0.3, 0.4) is 0 Å². The van der Waals surface area contributed by atoms with E-state index in [1.54, 1.807) is 32.9 Å². The molecule has 18 heavy (non-hydrogen) atoms. The SMILES string of the molecule is Cc1ccc(NC(=O)C(C)(C)CN)cc1C(=O)O. The van der Waals surface area contributed by atoms with Gasteiger partial charge in [0.05, 0.1) is 11.0 Å². The molecule has 0 atom stereocenters. The first-order chi connectivity index (χ1) is 8.27. The summed E-state index contributed by atoms with van der Waals surface area (Å²) in [7, 11) is 0. The predicted molar refractivity (Wildman–Crippen MR) is 69.6 cm³/mol. The number of nitrogens with one attached hydrogen (secondary N) is 1. The van der Waals surface area contributed by atoms with Gasteiger partial charge in [-0.3, -0.25) is 4.79 Å². The minimum atomic E-state index is -1.01. The zero-order valence-electron chi connectivity index (χ0n) is 10.8. The smallest absolute Gasteiger partial charge is 0.336 e. The highest BCUT2D eigenvalue weighted by molar-refractivity contribution is 5.97. The van der Waals surface area contributed by atoms with Gasteiger partial charge in [-0.25, -0.2) is 4.79 Å². The number of amides is 1. The maximum Gasteiger partial charge on any atom is 0.336 e. The minimum absolute atomic E-state index is 0.179. The van der Waals surface area contributed by atoms with Gasteiger partial charge in [0, 0.05) is 12.2 Å². The van der Waals surface area contributed by atoms with E-state index < -0.39 is 11.4 Å². The van der Waals surface area contributed by atoms with E-state index in [9.17, 15) is 9.59 Å². The molecule has 0 unspecified atom stereocenters. The van der Waals surface area contributed by atoms with Crippen LogP contribution in [0.1, 0.15) is 29.8 Å². The molecule has 0 bridgehead atoms. The Kier molecular flexibility index (Phi) is 4.08. The molecular weight excluding hydrogens is 232 g/mol. The normalized spacial score (nSPS) is 11.1. The number of aryl methyl sites for hydroxylation is 1. The van der Waals surface area contributed by atoms with Crippen molar-refractivity contribution in [1.82, 2.24) is 0 Å². The second kappa shape index (κ2) is 5.18. The van der Waals surface area contributed by atoms with E-state index in [1.807, 2.05) is 0 Å². The molecule has 0 saturated carbocycles. The first-order valence-electron chi connectivity index (χ1n) is 5.63. The zero-order valence-corrected chi connectivity index (χ0v) is 10.8. The molecule has 98 valence electrons. The molecule has 5 nitrogen and oxygen atoms in total. The third kappa shape index (κ3) is 3.07. The van der Waals surface area contributed by atoms with E-state index in [2.05, 4.69) is 5.32 Å². The van der Waals surface area contributed by atoms with Crippen LogP contribution >= 0.6 is 0 Å². The Labute approximate surface area is 106 Å². The second-order valence-electron chi connectivity index (χ2n) is 4.88. The molecule has 0 aliphatic heterocycles. The number of carbonyl (C=O) groups is 2. The molecule has 0 heterocycles. The largest absolute Gasteiger partial charge is 0.478 e. The molecule has 0 fully saturated rings. The number of nitrogens with two attached hydrogens (primary N) is 1. The summed E-state index contributed by atoms with van der Waals surface area (Å²) in [5.41, 5.74) is 6.11. The average Bonchev–Trinajstić information content (AvgIpc) is 2.31. The Bertz CT molecular complexity index is 481. The highest BCUT2D eigenvalue weighted by Gasteiger charge is 2.25. The standard InChI is InChI=1S/C13H18N2O3/c1-8-4-5-9(6-10(8)11(16)17)15-12(18)13(2,3)7-14/h4-6H,7,14H2,1-3H3,(H,15,18)(H,16,17). The molecule has 4 N–H and O–H groups in total. The minimum Gasteiger partial charge on any atom is -0.478 e. The molecule has 1 aromatic carbocycles. The van der Waals surface area contributed by atoms with Crippen molar-refractivity contribution >= 4 is 17.6 Å². The fourth-order valence-corrected chi connectivity index (χ4v) is 1.32. The number of hydrogen-bond acceptors (Lipinski definition) is 3. The molecule has 1 rings (SSSR count). The monoisotopic (exact) mass is 250 g/mol. The summed E-state index contributed by atoms with van der Waals surface area (Å²) in [6.07, 6.45) is 0. The van der Waals surface area contributed by atoms with Gasteiger partial charge >= 0.3 is 5.97 Å². The summed E-state index contributed by atoms with van der Waals surface area (Å²) in [4.78, 5) is 22.9. The molecule has 0 aliphatic carbocycles. The quantitative estimate of drug-likeness (QED) is 0.757. The predicted octanol–water partition coefficient (Wildman–Crippen LogP) is 1.62. The topological polar surface area (TPSA) is 92.4 Å². The summed E-state index contributed by atoms with van der Waals surface area (Å²) in [6, 6.07) is 4.78. The summed E-state index contributed by atoms with van der Waals surface area (Å²) >= 11 is 0. The lowest BCUT2D eigenvalue weighted by Gasteiger charge is -2.21. The van der Waals surface area contributed by atoms with Gasteiger partial charge in [-0.2, -0.15) is 0 Å². The molecular formula is C13H18N2O3. The number of hydrogen-bond donors (Lipinski definition) is 3. The molecule has 0 radical (unpaired) electrons. The zero-order chi connectivity index (χ0) is 13.9. The Morgan fingerprint density at radius 3 is 2.50 bits per heavy atom. The van der Waals surface area contributed by atoms with E-state index >= 15 is 0 Å². The third-order valence-electron chi connectivity index (χ3n) is 2.85. The highest BCUT2D eigenvalue weighted by Crippen LogP contribution is 2.19. The Balaban J connectivity index is 2.96. The van der Waals surface area contributed by atoms with Crippen LogP contribution in [0, 0.1) is 12.3 Å². The first kappa shape index (κ1) is 14.2. The number of aromatic carboxylic acids is 1. The van der Waals surface area contributed by atoms with Crippen molar-refractivity contribution in [3.05, 3.63) is 29.3 Å². The Hall–Kier alpha value is -1.88. The van der Waals surface area contributed by atoms with Gasteiger partial charge in [-0.05, 0) is 38.5 Å². The maximum absolute atomic E-state index is 11.9. The van der Waals surface area contributed by atoms with E-state index in [4.69, 9.17) is 10.8 Å². The van der Waals surface area contributed by atoms with Crippen LogP contribution in [0.2, 0.25) is 0 Å². The van der Waals surface area contributed by atoms with Crippen LogP contribution in [0.25, 0.3) is 0 Å². The van der Waals surface area contributed by atoms with Crippen molar-refractivity contribution in [1.29, 1.82) is 0 Å². The van der Waals surface area contributed by atoms with Crippen molar-refractivity contribution in [2.75, 3.05) is 11.9 Å². The van der Waals surface area contributed by atoms with Crippen LogP contribution in [0.4, 0.5) is 5.69 Å². The van der Waals surface area contributed by atoms with Crippen molar-refractivity contribution in [3.8, 4) is 0 Å². The third-order valence-corrected chi connectivity index (χ3v) is 2.85. The fraction of sp³-hybridized carbons (Fsp3) is 0.385. The summed E-state index contributed by atoms with van der Waals surface area (Å²) < 4.78 is 0.